The summed E-state index contributed by atoms with van der Waals surface area (Å²) in [5.41, 5.74) is 2.41. The Kier molecular flexibility index (Phi) is 5.31. The first-order valence-corrected chi connectivity index (χ1v) is 8.15. The average Bonchev–Trinajstić information content (AvgIpc) is 3.16. The van der Waals surface area contributed by atoms with Gasteiger partial charge in [0.1, 0.15) is 5.56 Å². The number of aromatic nitrogens is 2. The molecule has 3 rings (SSSR count). The van der Waals surface area contributed by atoms with E-state index in [2.05, 4.69) is 9.97 Å². The van der Waals surface area contributed by atoms with Gasteiger partial charge in [-0.05, 0) is 32.6 Å². The van der Waals surface area contributed by atoms with Crippen molar-refractivity contribution in [2.24, 2.45) is 0 Å². The number of carbonyl (C=O) groups is 1. The molecule has 5 nitrogen and oxygen atoms in total. The van der Waals surface area contributed by atoms with Crippen molar-refractivity contribution >= 4 is 11.9 Å². The number of benzene rings is 1. The molecule has 0 N–H and O–H groups in total. The summed E-state index contributed by atoms with van der Waals surface area (Å²) in [6.07, 6.45) is 7.70. The molecule has 5 radical (unpaired) electrons. The quantitative estimate of drug-likeness (QED) is 0.786. The van der Waals surface area contributed by atoms with Crippen molar-refractivity contribution in [1.29, 1.82) is 0 Å². The predicted octanol–water partition coefficient (Wildman–Crippen LogP) is 3.14. The Bertz CT molecular complexity index is 738. The molecule has 0 spiro atoms. The lowest BCUT2D eigenvalue weighted by atomic mass is 9.95. The van der Waals surface area contributed by atoms with Gasteiger partial charge in [0, 0.05) is 25.6 Å². The highest BCUT2D eigenvalue weighted by Crippen LogP contribution is 2.36. The maximum atomic E-state index is 12.7. The van der Waals surface area contributed by atoms with Crippen molar-refractivity contribution in [2.75, 3.05) is 25.6 Å². The van der Waals surface area contributed by atoms with E-state index in [1.165, 1.54) is 0 Å². The zero-order chi connectivity index (χ0) is 17.8. The van der Waals surface area contributed by atoms with Gasteiger partial charge in [-0.25, -0.2) is 14.8 Å². The second-order valence-corrected chi connectivity index (χ2v) is 5.75. The molecular weight excluding hydrogens is 314 g/mol. The van der Waals surface area contributed by atoms with E-state index < -0.39 is 5.97 Å². The van der Waals surface area contributed by atoms with Crippen molar-refractivity contribution in [1.82, 2.24) is 9.97 Å². The average molecular weight is 334 g/mol. The number of hydrogen-bond donors (Lipinski definition) is 0. The number of nitrogens with zero attached hydrogens (tertiary/aromatic N) is 3. The van der Waals surface area contributed by atoms with Gasteiger partial charge in [-0.3, -0.25) is 0 Å². The third-order valence-corrected chi connectivity index (χ3v) is 3.76. The summed E-state index contributed by atoms with van der Waals surface area (Å²) < 4.78 is 5.30. The Hall–Kier alpha value is -2.43. The highest BCUT2D eigenvalue weighted by molar-refractivity contribution is 5.98. The SMILES string of the molecule is CCOC(=O)c1c([C]2[CH][CH][CH][CH]2)nc(N(C)C)nc1-c1ccccc1. The van der Waals surface area contributed by atoms with Crippen molar-refractivity contribution in [3.8, 4) is 11.3 Å². The van der Waals surface area contributed by atoms with Crippen LogP contribution in [-0.4, -0.2) is 36.6 Å². The van der Waals surface area contributed by atoms with Gasteiger partial charge in [-0.2, -0.15) is 0 Å². The highest BCUT2D eigenvalue weighted by atomic mass is 16.5. The van der Waals surface area contributed by atoms with Crippen LogP contribution >= 0.6 is 0 Å². The standard InChI is InChI=1S/C20H20N3O2/c1-4-25-19(24)16-17(14-10-6-5-7-11-14)21-20(23(2)3)22-18(16)15-12-8-9-13-15/h5-13H,4H2,1-3H3. The lowest BCUT2D eigenvalue weighted by Crippen LogP contribution is -2.20. The van der Waals surface area contributed by atoms with E-state index in [4.69, 9.17) is 4.74 Å². The first-order chi connectivity index (χ1) is 12.1. The van der Waals surface area contributed by atoms with Gasteiger partial charge in [0.25, 0.3) is 0 Å². The van der Waals surface area contributed by atoms with Crippen molar-refractivity contribution in [3.05, 3.63) is 73.2 Å². The minimum Gasteiger partial charge on any atom is -0.462 e. The molecule has 1 aromatic heterocycles. The van der Waals surface area contributed by atoms with Crippen LogP contribution in [0.1, 0.15) is 23.0 Å². The summed E-state index contributed by atoms with van der Waals surface area (Å²) >= 11 is 0. The second kappa shape index (κ2) is 7.64. The van der Waals surface area contributed by atoms with E-state index in [9.17, 15) is 4.79 Å². The van der Waals surface area contributed by atoms with E-state index in [0.717, 1.165) is 11.5 Å². The van der Waals surface area contributed by atoms with Crippen LogP contribution < -0.4 is 4.90 Å². The Balaban J connectivity index is 2.24. The zero-order valence-corrected chi connectivity index (χ0v) is 14.6. The molecule has 1 fully saturated rings. The molecule has 1 aromatic carbocycles. The first-order valence-electron chi connectivity index (χ1n) is 8.15. The molecule has 0 atom stereocenters. The Labute approximate surface area is 149 Å². The molecule has 0 saturated heterocycles. The number of anilines is 1. The fourth-order valence-corrected chi connectivity index (χ4v) is 2.59. The van der Waals surface area contributed by atoms with Gasteiger partial charge >= 0.3 is 5.97 Å². The molecule has 5 heteroatoms. The minimum atomic E-state index is -0.414. The Morgan fingerprint density at radius 3 is 2.28 bits per heavy atom. The van der Waals surface area contributed by atoms with Crippen LogP contribution in [0.4, 0.5) is 5.95 Å². The van der Waals surface area contributed by atoms with Gasteiger partial charge in [-0.15, -0.1) is 0 Å². The smallest absolute Gasteiger partial charge is 0.342 e. The van der Waals surface area contributed by atoms with E-state index in [1.54, 1.807) is 6.92 Å². The molecule has 0 bridgehead atoms. The van der Waals surface area contributed by atoms with E-state index >= 15 is 0 Å². The van der Waals surface area contributed by atoms with Crippen molar-refractivity contribution < 1.29 is 9.53 Å². The predicted molar refractivity (Wildman–Crippen MR) is 97.3 cm³/mol. The minimum absolute atomic E-state index is 0.295. The fourth-order valence-electron chi connectivity index (χ4n) is 2.59. The largest absolute Gasteiger partial charge is 0.462 e. The second-order valence-electron chi connectivity index (χ2n) is 5.75. The number of esters is 1. The third-order valence-electron chi connectivity index (χ3n) is 3.76. The Morgan fingerprint density at radius 1 is 1.04 bits per heavy atom. The van der Waals surface area contributed by atoms with Crippen LogP contribution in [0, 0.1) is 31.6 Å². The molecule has 0 unspecified atom stereocenters. The third kappa shape index (κ3) is 3.65. The molecule has 1 aliphatic carbocycles. The molecule has 1 aliphatic rings. The fraction of sp³-hybridized carbons (Fsp3) is 0.200. The van der Waals surface area contributed by atoms with E-state index in [-0.39, 0.29) is 0 Å². The zero-order valence-electron chi connectivity index (χ0n) is 14.6. The number of hydrogen-bond acceptors (Lipinski definition) is 5. The highest BCUT2D eigenvalue weighted by Gasteiger charge is 2.31. The van der Waals surface area contributed by atoms with Crippen molar-refractivity contribution in [3.63, 3.8) is 0 Å². The van der Waals surface area contributed by atoms with Crippen LogP contribution in [-0.2, 0) is 4.74 Å². The number of carbonyl (C=O) groups excluding carboxylic acids is 1. The lowest BCUT2D eigenvalue weighted by Gasteiger charge is -2.20. The molecule has 1 saturated carbocycles. The molecule has 25 heavy (non-hydrogen) atoms. The summed E-state index contributed by atoms with van der Waals surface area (Å²) in [5.74, 6) is 0.997. The van der Waals surface area contributed by atoms with E-state index in [0.29, 0.717) is 29.5 Å². The monoisotopic (exact) mass is 334 g/mol. The molecule has 1 heterocycles. The summed E-state index contributed by atoms with van der Waals surface area (Å²) in [6, 6.07) is 9.63. The maximum Gasteiger partial charge on any atom is 0.342 e. The summed E-state index contributed by atoms with van der Waals surface area (Å²) in [7, 11) is 3.76. The van der Waals surface area contributed by atoms with Crippen molar-refractivity contribution in [2.45, 2.75) is 6.92 Å². The van der Waals surface area contributed by atoms with Crippen LogP contribution in [0.5, 0.6) is 0 Å². The number of rotatable bonds is 5. The molecule has 0 aliphatic heterocycles. The van der Waals surface area contributed by atoms with Gasteiger partial charge in [-0.1, -0.05) is 30.3 Å². The molecule has 127 valence electrons. The van der Waals surface area contributed by atoms with Gasteiger partial charge < -0.3 is 9.64 Å². The lowest BCUT2D eigenvalue weighted by molar-refractivity contribution is 0.0525. The summed E-state index contributed by atoms with van der Waals surface area (Å²) in [4.78, 5) is 23.8. The molecular formula is C20H20N3O2. The normalized spacial score (nSPS) is 14.5. The van der Waals surface area contributed by atoms with Crippen LogP contribution in [0.15, 0.2) is 30.3 Å². The van der Waals surface area contributed by atoms with Gasteiger partial charge in [0.15, 0.2) is 0 Å². The molecule has 0 amide bonds. The maximum absolute atomic E-state index is 12.7. The van der Waals surface area contributed by atoms with Crippen LogP contribution in [0.3, 0.4) is 0 Å². The first kappa shape index (κ1) is 17.4. The number of ether oxygens (including phenoxy) is 1. The van der Waals surface area contributed by atoms with E-state index in [1.807, 2.05) is 75.0 Å². The topological polar surface area (TPSA) is 55.3 Å². The van der Waals surface area contributed by atoms with Gasteiger partial charge in [0.2, 0.25) is 5.95 Å². The van der Waals surface area contributed by atoms with Gasteiger partial charge in [0.05, 0.1) is 18.0 Å². The molecule has 2 aromatic rings. The summed E-state index contributed by atoms with van der Waals surface area (Å²) in [6.45, 7) is 2.08. The van der Waals surface area contributed by atoms with Crippen LogP contribution in [0.2, 0.25) is 0 Å². The Morgan fingerprint density at radius 2 is 1.68 bits per heavy atom. The van der Waals surface area contributed by atoms with Crippen LogP contribution in [0.25, 0.3) is 11.3 Å². The summed E-state index contributed by atoms with van der Waals surface area (Å²) in [5, 5.41) is 0.